The van der Waals surface area contributed by atoms with Crippen molar-refractivity contribution in [3.05, 3.63) is 77.2 Å². The Morgan fingerprint density at radius 2 is 1.81 bits per heavy atom. The average Bonchev–Trinajstić information content (AvgIpc) is 3.30. The van der Waals surface area contributed by atoms with Gasteiger partial charge in [0.15, 0.2) is 0 Å². The van der Waals surface area contributed by atoms with Gasteiger partial charge in [-0.3, -0.25) is 14.5 Å². The molecule has 8 heteroatoms. The normalized spacial score (nSPS) is 19.8. The molecular formula is C24H25N3O4S. The highest BCUT2D eigenvalue weighted by molar-refractivity contribution is 8.03. The smallest absolute Gasteiger partial charge is 0.328 e. The third-order valence-electron chi connectivity index (χ3n) is 5.38. The number of imide groups is 1. The number of nitrogens with one attached hydrogen (secondary N) is 1. The van der Waals surface area contributed by atoms with Gasteiger partial charge in [-0.15, -0.1) is 11.8 Å². The maximum Gasteiger partial charge on any atom is 0.328 e. The van der Waals surface area contributed by atoms with Gasteiger partial charge in [0, 0.05) is 6.54 Å². The molecule has 166 valence electrons. The SMILES string of the molecule is CCOc1ccc(CN2C(=O)C3SC=CC3N(CC(=O)NCc3ccccc3)C2=O)cc1. The fraction of sp³-hybridized carbons (Fsp3) is 0.292. The number of amides is 4. The molecule has 0 saturated carbocycles. The Hall–Kier alpha value is -3.26. The average molecular weight is 452 g/mol. The molecule has 1 saturated heterocycles. The molecule has 0 radical (unpaired) electrons. The Labute approximate surface area is 191 Å². The lowest BCUT2D eigenvalue weighted by Crippen LogP contribution is -2.62. The van der Waals surface area contributed by atoms with Crippen LogP contribution in [0.4, 0.5) is 4.79 Å². The minimum Gasteiger partial charge on any atom is -0.494 e. The van der Waals surface area contributed by atoms with Crippen molar-refractivity contribution in [1.82, 2.24) is 15.1 Å². The Morgan fingerprint density at radius 3 is 2.53 bits per heavy atom. The summed E-state index contributed by atoms with van der Waals surface area (Å²) in [7, 11) is 0. The molecule has 0 spiro atoms. The minimum atomic E-state index is -0.452. The highest BCUT2D eigenvalue weighted by Crippen LogP contribution is 2.34. The van der Waals surface area contributed by atoms with Crippen molar-refractivity contribution < 1.29 is 19.1 Å². The molecule has 2 heterocycles. The quantitative estimate of drug-likeness (QED) is 0.667. The molecule has 2 unspecified atom stereocenters. The maximum atomic E-state index is 13.2. The number of hydrogen-bond acceptors (Lipinski definition) is 5. The number of carbonyl (C=O) groups excluding carboxylic acids is 3. The van der Waals surface area contributed by atoms with Crippen molar-refractivity contribution in [3.63, 3.8) is 0 Å². The van der Waals surface area contributed by atoms with Gasteiger partial charge in [0.1, 0.15) is 17.5 Å². The predicted octanol–water partition coefficient (Wildman–Crippen LogP) is 3.16. The van der Waals surface area contributed by atoms with E-state index < -0.39 is 17.3 Å². The van der Waals surface area contributed by atoms with Crippen molar-refractivity contribution in [2.75, 3.05) is 13.2 Å². The molecule has 32 heavy (non-hydrogen) atoms. The van der Waals surface area contributed by atoms with Crippen molar-refractivity contribution in [1.29, 1.82) is 0 Å². The van der Waals surface area contributed by atoms with E-state index in [-0.39, 0.29) is 24.9 Å². The molecule has 0 aromatic heterocycles. The van der Waals surface area contributed by atoms with Crippen molar-refractivity contribution in [2.24, 2.45) is 0 Å². The van der Waals surface area contributed by atoms with Gasteiger partial charge in [0.2, 0.25) is 11.8 Å². The van der Waals surface area contributed by atoms with Crippen LogP contribution in [0.5, 0.6) is 5.75 Å². The van der Waals surface area contributed by atoms with Crippen molar-refractivity contribution in [3.8, 4) is 5.75 Å². The molecule has 2 aliphatic heterocycles. The van der Waals surface area contributed by atoms with Gasteiger partial charge in [0.25, 0.3) is 0 Å². The first-order valence-electron chi connectivity index (χ1n) is 10.5. The van der Waals surface area contributed by atoms with Gasteiger partial charge in [-0.1, -0.05) is 48.5 Å². The van der Waals surface area contributed by atoms with Crippen LogP contribution in [0.15, 0.2) is 66.1 Å². The Morgan fingerprint density at radius 1 is 1.06 bits per heavy atom. The molecule has 1 N–H and O–H groups in total. The van der Waals surface area contributed by atoms with Crippen LogP contribution < -0.4 is 10.1 Å². The fourth-order valence-corrected chi connectivity index (χ4v) is 4.82. The zero-order valence-corrected chi connectivity index (χ0v) is 18.6. The van der Waals surface area contributed by atoms with Crippen LogP contribution in [-0.2, 0) is 22.7 Å². The molecule has 2 atom stereocenters. The van der Waals surface area contributed by atoms with E-state index in [1.807, 2.05) is 73.0 Å². The zero-order valence-electron chi connectivity index (χ0n) is 17.8. The van der Waals surface area contributed by atoms with Crippen LogP contribution in [0.25, 0.3) is 0 Å². The molecular weight excluding hydrogens is 426 g/mol. The number of carbonyl (C=O) groups is 3. The number of thioether (sulfide) groups is 1. The van der Waals surface area contributed by atoms with Gasteiger partial charge in [-0.05, 0) is 35.6 Å². The lowest BCUT2D eigenvalue weighted by atomic mass is 10.1. The summed E-state index contributed by atoms with van der Waals surface area (Å²) in [4.78, 5) is 41.6. The zero-order chi connectivity index (χ0) is 22.5. The van der Waals surface area contributed by atoms with E-state index >= 15 is 0 Å². The molecule has 0 bridgehead atoms. The van der Waals surface area contributed by atoms with E-state index in [0.717, 1.165) is 16.9 Å². The summed E-state index contributed by atoms with van der Waals surface area (Å²) in [6, 6.07) is 16.0. The second kappa shape index (κ2) is 9.91. The van der Waals surface area contributed by atoms with Crippen LogP contribution in [-0.4, -0.2) is 52.1 Å². The molecule has 2 aromatic rings. The number of fused-ring (bicyclic) bond motifs is 1. The molecule has 4 amide bonds. The Kier molecular flexibility index (Phi) is 6.80. The predicted molar refractivity (Wildman–Crippen MR) is 123 cm³/mol. The van der Waals surface area contributed by atoms with Gasteiger partial charge in [-0.25, -0.2) is 4.79 Å². The number of ether oxygens (including phenoxy) is 1. The first-order chi connectivity index (χ1) is 15.6. The largest absolute Gasteiger partial charge is 0.494 e. The number of hydrogen-bond donors (Lipinski definition) is 1. The first-order valence-corrected chi connectivity index (χ1v) is 11.5. The third kappa shape index (κ3) is 4.80. The standard InChI is InChI=1S/C24H25N3O4S/c1-2-31-19-10-8-18(9-11-19)15-27-23(29)22-20(12-13-32-22)26(24(27)30)16-21(28)25-14-17-6-4-3-5-7-17/h3-13,20,22H,2,14-16H2,1H3,(H,25,28). The molecule has 2 aromatic carbocycles. The monoisotopic (exact) mass is 451 g/mol. The topological polar surface area (TPSA) is 79.0 Å². The molecule has 0 aliphatic carbocycles. The third-order valence-corrected chi connectivity index (χ3v) is 6.47. The van der Waals surface area contributed by atoms with E-state index in [4.69, 9.17) is 4.74 Å². The lowest BCUT2D eigenvalue weighted by molar-refractivity contribution is -0.133. The second-order valence-corrected chi connectivity index (χ2v) is 8.60. The number of benzene rings is 2. The first kappa shape index (κ1) is 22.0. The molecule has 4 rings (SSSR count). The summed E-state index contributed by atoms with van der Waals surface area (Å²) in [6.45, 7) is 2.90. The second-order valence-electron chi connectivity index (χ2n) is 7.55. The van der Waals surface area contributed by atoms with Gasteiger partial charge >= 0.3 is 6.03 Å². The lowest BCUT2D eigenvalue weighted by Gasteiger charge is -2.41. The maximum absolute atomic E-state index is 13.2. The summed E-state index contributed by atoms with van der Waals surface area (Å²) in [5.74, 6) is 0.242. The van der Waals surface area contributed by atoms with Crippen LogP contribution in [0.3, 0.4) is 0 Å². The van der Waals surface area contributed by atoms with E-state index in [2.05, 4.69) is 5.32 Å². The fourth-order valence-electron chi connectivity index (χ4n) is 3.76. The van der Waals surface area contributed by atoms with Crippen LogP contribution in [0.2, 0.25) is 0 Å². The summed E-state index contributed by atoms with van der Waals surface area (Å²) in [6.07, 6.45) is 1.82. The highest BCUT2D eigenvalue weighted by Gasteiger charge is 2.47. The Bertz CT molecular complexity index is 1010. The molecule has 1 fully saturated rings. The summed E-state index contributed by atoms with van der Waals surface area (Å²) < 4.78 is 5.45. The Balaban J connectivity index is 1.45. The summed E-state index contributed by atoms with van der Waals surface area (Å²) in [5.41, 5.74) is 1.80. The molecule has 7 nitrogen and oxygen atoms in total. The molecule has 2 aliphatic rings. The van der Waals surface area contributed by atoms with E-state index in [1.54, 1.807) is 0 Å². The van der Waals surface area contributed by atoms with Crippen LogP contribution in [0, 0.1) is 0 Å². The van der Waals surface area contributed by atoms with E-state index in [9.17, 15) is 14.4 Å². The highest BCUT2D eigenvalue weighted by atomic mass is 32.2. The summed E-state index contributed by atoms with van der Waals surface area (Å²) in [5, 5.41) is 4.26. The van der Waals surface area contributed by atoms with Crippen molar-refractivity contribution >= 4 is 29.6 Å². The van der Waals surface area contributed by atoms with Gasteiger partial charge in [0.05, 0.1) is 19.2 Å². The number of urea groups is 1. The van der Waals surface area contributed by atoms with E-state index in [0.29, 0.717) is 13.2 Å². The number of nitrogens with zero attached hydrogens (tertiary/aromatic N) is 2. The minimum absolute atomic E-state index is 0.106. The van der Waals surface area contributed by atoms with Crippen LogP contribution >= 0.6 is 11.8 Å². The number of rotatable bonds is 8. The summed E-state index contributed by atoms with van der Waals surface area (Å²) >= 11 is 1.38. The van der Waals surface area contributed by atoms with Gasteiger partial charge in [-0.2, -0.15) is 0 Å². The van der Waals surface area contributed by atoms with Gasteiger partial charge < -0.3 is 15.0 Å². The van der Waals surface area contributed by atoms with E-state index in [1.165, 1.54) is 21.6 Å². The van der Waals surface area contributed by atoms with Crippen LogP contribution in [0.1, 0.15) is 18.1 Å². The van der Waals surface area contributed by atoms with Crippen molar-refractivity contribution in [2.45, 2.75) is 31.3 Å².